The second kappa shape index (κ2) is 8.66. The molecule has 0 aliphatic carbocycles. The molecule has 2 aromatic heterocycles. The normalized spacial score (nSPS) is 17.3. The number of hydrogen-bond donors (Lipinski definition) is 1. The van der Waals surface area contributed by atoms with Crippen molar-refractivity contribution < 1.29 is 14.3 Å². The molecule has 1 atom stereocenters. The molecule has 1 aliphatic heterocycles. The van der Waals surface area contributed by atoms with Gasteiger partial charge in [0.05, 0.1) is 40.7 Å². The zero-order valence-corrected chi connectivity index (χ0v) is 16.1. The fourth-order valence-corrected chi connectivity index (χ4v) is 3.85. The summed E-state index contributed by atoms with van der Waals surface area (Å²) in [4.78, 5) is 27.2. The van der Waals surface area contributed by atoms with E-state index in [1.54, 1.807) is 21.7 Å². The number of aromatic nitrogens is 2. The molecule has 1 N–H and O–H groups in total. The Labute approximate surface area is 160 Å². The minimum absolute atomic E-state index is 0.102. The van der Waals surface area contributed by atoms with Gasteiger partial charge in [0.2, 0.25) is 5.91 Å². The van der Waals surface area contributed by atoms with Crippen molar-refractivity contribution in [1.29, 1.82) is 0 Å². The lowest BCUT2D eigenvalue weighted by Crippen LogP contribution is -2.50. The fraction of sp³-hybridized carbons (Fsp3) is 0.471. The predicted octanol–water partition coefficient (Wildman–Crippen LogP) is 1.95. The van der Waals surface area contributed by atoms with Gasteiger partial charge in [-0.1, -0.05) is 11.6 Å². The zero-order valence-electron chi connectivity index (χ0n) is 14.5. The number of aryl methyl sites for hydroxylation is 1. The van der Waals surface area contributed by atoms with Crippen LogP contribution in [0.15, 0.2) is 24.4 Å². The van der Waals surface area contributed by atoms with E-state index in [1.807, 2.05) is 19.2 Å². The highest BCUT2D eigenvalue weighted by atomic mass is 35.5. The summed E-state index contributed by atoms with van der Waals surface area (Å²) in [6, 6.07) is 5.07. The summed E-state index contributed by atoms with van der Waals surface area (Å²) in [6.45, 7) is 4.32. The average molecular weight is 397 g/mol. The number of rotatable bonds is 6. The number of carbonyl (C=O) groups excluding carboxylic acids is 2. The molecule has 7 nitrogen and oxygen atoms in total. The van der Waals surface area contributed by atoms with Gasteiger partial charge in [0.1, 0.15) is 0 Å². The van der Waals surface area contributed by atoms with Gasteiger partial charge in [-0.2, -0.15) is 5.10 Å². The van der Waals surface area contributed by atoms with Crippen molar-refractivity contribution in [3.63, 3.8) is 0 Å². The Balaban J connectivity index is 1.52. The van der Waals surface area contributed by atoms with Crippen LogP contribution in [-0.4, -0.2) is 58.8 Å². The molecule has 1 saturated heterocycles. The van der Waals surface area contributed by atoms with Gasteiger partial charge in [-0.25, -0.2) is 0 Å². The number of hydrogen-bond acceptors (Lipinski definition) is 5. The minimum atomic E-state index is -0.274. The quantitative estimate of drug-likeness (QED) is 0.809. The molecular weight excluding hydrogens is 376 g/mol. The molecule has 9 heteroatoms. The van der Waals surface area contributed by atoms with Gasteiger partial charge in [-0.15, -0.1) is 11.3 Å². The van der Waals surface area contributed by atoms with Gasteiger partial charge < -0.3 is 15.0 Å². The van der Waals surface area contributed by atoms with Gasteiger partial charge in [-0.05, 0) is 25.1 Å². The summed E-state index contributed by atoms with van der Waals surface area (Å²) in [6.07, 6.45) is 2.09. The van der Waals surface area contributed by atoms with Crippen LogP contribution in [0.3, 0.4) is 0 Å². The second-order valence-corrected chi connectivity index (χ2v) is 7.82. The highest BCUT2D eigenvalue weighted by molar-refractivity contribution is 7.17. The first-order valence-electron chi connectivity index (χ1n) is 8.44. The van der Waals surface area contributed by atoms with E-state index in [0.29, 0.717) is 42.1 Å². The van der Waals surface area contributed by atoms with Gasteiger partial charge in [0, 0.05) is 25.7 Å². The van der Waals surface area contributed by atoms with Crippen molar-refractivity contribution in [2.45, 2.75) is 25.9 Å². The van der Waals surface area contributed by atoms with E-state index in [0.717, 1.165) is 5.69 Å². The van der Waals surface area contributed by atoms with Crippen LogP contribution in [0.2, 0.25) is 4.34 Å². The Bertz CT molecular complexity index is 776. The summed E-state index contributed by atoms with van der Waals surface area (Å²) in [7, 11) is 0. The van der Waals surface area contributed by atoms with Gasteiger partial charge in [0.25, 0.3) is 5.91 Å². The SMILES string of the molecule is Cc1ccn(CCNC(=O)CC2COCCN2C(=O)c2ccc(Cl)s2)n1. The summed E-state index contributed by atoms with van der Waals surface area (Å²) >= 11 is 7.17. The maximum absolute atomic E-state index is 12.7. The molecule has 3 heterocycles. The number of halogens is 1. The standard InChI is InChI=1S/C17H21ClN4O3S/c1-12-4-6-21(20-12)7-5-19-16(23)10-13-11-25-9-8-22(13)17(24)14-2-3-15(18)26-14/h2-4,6,13H,5,7-11H2,1H3,(H,19,23). The minimum Gasteiger partial charge on any atom is -0.377 e. The van der Waals surface area contributed by atoms with Crippen LogP contribution < -0.4 is 5.32 Å². The maximum atomic E-state index is 12.7. The van der Waals surface area contributed by atoms with Crippen molar-refractivity contribution >= 4 is 34.8 Å². The zero-order chi connectivity index (χ0) is 18.5. The Morgan fingerprint density at radius 1 is 1.42 bits per heavy atom. The van der Waals surface area contributed by atoms with Crippen molar-refractivity contribution in [3.8, 4) is 0 Å². The van der Waals surface area contributed by atoms with E-state index in [-0.39, 0.29) is 24.3 Å². The molecule has 3 rings (SSSR count). The second-order valence-electron chi connectivity index (χ2n) is 6.11. The van der Waals surface area contributed by atoms with Crippen LogP contribution >= 0.6 is 22.9 Å². The first kappa shape index (κ1) is 18.9. The molecule has 2 aromatic rings. The lowest BCUT2D eigenvalue weighted by atomic mass is 10.1. The Morgan fingerprint density at radius 3 is 2.96 bits per heavy atom. The van der Waals surface area contributed by atoms with Crippen molar-refractivity contribution in [1.82, 2.24) is 20.0 Å². The van der Waals surface area contributed by atoms with Crippen molar-refractivity contribution in [2.75, 3.05) is 26.3 Å². The topological polar surface area (TPSA) is 76.5 Å². The number of ether oxygens (including phenoxy) is 1. The van der Waals surface area contributed by atoms with Crippen LogP contribution in [-0.2, 0) is 16.1 Å². The fourth-order valence-electron chi connectivity index (χ4n) is 2.85. The lowest BCUT2D eigenvalue weighted by molar-refractivity contribution is -0.123. The van der Waals surface area contributed by atoms with Crippen molar-refractivity contribution in [2.24, 2.45) is 0 Å². The number of morpholine rings is 1. The molecule has 0 spiro atoms. The largest absolute Gasteiger partial charge is 0.377 e. The number of nitrogens with zero attached hydrogens (tertiary/aromatic N) is 3. The molecule has 0 radical (unpaired) electrons. The summed E-state index contributed by atoms with van der Waals surface area (Å²) < 4.78 is 7.83. The van der Waals surface area contributed by atoms with Gasteiger partial charge in [-0.3, -0.25) is 14.3 Å². The van der Waals surface area contributed by atoms with Crippen LogP contribution in [0.5, 0.6) is 0 Å². The van der Waals surface area contributed by atoms with E-state index < -0.39 is 0 Å². The van der Waals surface area contributed by atoms with E-state index >= 15 is 0 Å². The van der Waals surface area contributed by atoms with Crippen LogP contribution in [0.1, 0.15) is 21.8 Å². The Kier molecular flexibility index (Phi) is 6.29. The molecule has 1 aliphatic rings. The molecule has 0 saturated carbocycles. The molecular formula is C17H21ClN4O3S. The highest BCUT2D eigenvalue weighted by Gasteiger charge is 2.30. The van der Waals surface area contributed by atoms with E-state index in [9.17, 15) is 9.59 Å². The Hall–Kier alpha value is -1.90. The number of thiophene rings is 1. The van der Waals surface area contributed by atoms with Crippen LogP contribution in [0.25, 0.3) is 0 Å². The Morgan fingerprint density at radius 2 is 2.27 bits per heavy atom. The third-order valence-corrected chi connectivity index (χ3v) is 5.35. The molecule has 2 amide bonds. The summed E-state index contributed by atoms with van der Waals surface area (Å²) in [5.41, 5.74) is 0.943. The number of amides is 2. The monoisotopic (exact) mass is 396 g/mol. The number of nitrogens with one attached hydrogen (secondary N) is 1. The molecule has 1 unspecified atom stereocenters. The van der Waals surface area contributed by atoms with Crippen LogP contribution in [0.4, 0.5) is 0 Å². The molecule has 0 aromatic carbocycles. The molecule has 0 bridgehead atoms. The van der Waals surface area contributed by atoms with E-state index in [1.165, 1.54) is 11.3 Å². The van der Waals surface area contributed by atoms with Crippen molar-refractivity contribution in [3.05, 3.63) is 39.3 Å². The lowest BCUT2D eigenvalue weighted by Gasteiger charge is -2.35. The third kappa shape index (κ3) is 4.84. The van der Waals surface area contributed by atoms with E-state index in [2.05, 4.69) is 10.4 Å². The third-order valence-electron chi connectivity index (χ3n) is 4.13. The average Bonchev–Trinajstić information content (AvgIpc) is 3.23. The smallest absolute Gasteiger partial charge is 0.264 e. The summed E-state index contributed by atoms with van der Waals surface area (Å²) in [5.74, 6) is -0.207. The van der Waals surface area contributed by atoms with E-state index in [4.69, 9.17) is 16.3 Å². The maximum Gasteiger partial charge on any atom is 0.264 e. The molecule has 1 fully saturated rings. The molecule has 140 valence electrons. The predicted molar refractivity (Wildman–Crippen MR) is 99.6 cm³/mol. The first-order valence-corrected chi connectivity index (χ1v) is 9.63. The first-order chi connectivity index (χ1) is 12.5. The van der Waals surface area contributed by atoms with Gasteiger partial charge in [0.15, 0.2) is 0 Å². The highest BCUT2D eigenvalue weighted by Crippen LogP contribution is 2.24. The van der Waals surface area contributed by atoms with Crippen LogP contribution in [0, 0.1) is 6.92 Å². The van der Waals surface area contributed by atoms with Gasteiger partial charge >= 0.3 is 0 Å². The summed E-state index contributed by atoms with van der Waals surface area (Å²) in [5, 5.41) is 7.16. The number of carbonyl (C=O) groups is 2. The molecule has 26 heavy (non-hydrogen) atoms.